The van der Waals surface area contributed by atoms with E-state index in [-0.39, 0.29) is 30.9 Å². The molecule has 0 aromatic heterocycles. The summed E-state index contributed by atoms with van der Waals surface area (Å²) in [5, 5.41) is 5.52. The van der Waals surface area contributed by atoms with E-state index in [1.54, 1.807) is 38.4 Å². The maximum Gasteiger partial charge on any atom is 0.322 e. The molecule has 2 aromatic carbocycles. The summed E-state index contributed by atoms with van der Waals surface area (Å²) in [7, 11) is 3.12. The Balaban J connectivity index is 1.51. The third-order valence-corrected chi connectivity index (χ3v) is 5.35. The molecule has 2 N–H and O–H groups in total. The normalized spacial score (nSPS) is 18.1. The Morgan fingerprint density at radius 3 is 2.48 bits per heavy atom. The van der Waals surface area contributed by atoms with Gasteiger partial charge in [-0.1, -0.05) is 12.1 Å². The maximum absolute atomic E-state index is 13.3. The van der Waals surface area contributed by atoms with Crippen LogP contribution < -0.4 is 15.4 Å². The van der Waals surface area contributed by atoms with E-state index in [0.717, 1.165) is 0 Å². The first-order chi connectivity index (χ1) is 14.9. The molecule has 0 saturated carbocycles. The number of ether oxygens (including phenoxy) is 1. The van der Waals surface area contributed by atoms with Crippen molar-refractivity contribution < 1.29 is 23.5 Å². The van der Waals surface area contributed by atoms with Gasteiger partial charge in [0.2, 0.25) is 5.91 Å². The molecule has 0 radical (unpaired) electrons. The van der Waals surface area contributed by atoms with Crippen LogP contribution in [0.1, 0.15) is 11.6 Å². The van der Waals surface area contributed by atoms with Gasteiger partial charge in [0, 0.05) is 12.7 Å². The topological polar surface area (TPSA) is 91.0 Å². The lowest BCUT2D eigenvalue weighted by atomic mass is 9.96. The lowest BCUT2D eigenvalue weighted by molar-refractivity contribution is -0.130. The summed E-state index contributed by atoms with van der Waals surface area (Å²) in [6.45, 7) is -0.0398. The number of likely N-dealkylation sites (N-methyl/N-ethyl adjacent to an activating group) is 1. The molecule has 4 rings (SSSR count). The fraction of sp³-hybridized carbons (Fsp3) is 0.227. The first-order valence-corrected chi connectivity index (χ1v) is 9.63. The molecule has 31 heavy (non-hydrogen) atoms. The molecule has 2 aliphatic heterocycles. The van der Waals surface area contributed by atoms with Crippen LogP contribution in [-0.4, -0.2) is 54.9 Å². The van der Waals surface area contributed by atoms with E-state index in [1.165, 1.54) is 34.1 Å². The van der Waals surface area contributed by atoms with Crippen molar-refractivity contribution in [2.75, 3.05) is 32.6 Å². The van der Waals surface area contributed by atoms with Crippen molar-refractivity contribution >= 4 is 23.5 Å². The van der Waals surface area contributed by atoms with Crippen LogP contribution in [0.4, 0.5) is 14.9 Å². The minimum absolute atomic E-state index is 0.131. The average Bonchev–Trinajstić information content (AvgIpc) is 3.08. The molecule has 2 aromatic rings. The summed E-state index contributed by atoms with van der Waals surface area (Å²) in [6.07, 6.45) is 0. The van der Waals surface area contributed by atoms with E-state index >= 15 is 0 Å². The van der Waals surface area contributed by atoms with E-state index in [0.29, 0.717) is 28.3 Å². The summed E-state index contributed by atoms with van der Waals surface area (Å²) >= 11 is 0. The predicted octanol–water partition coefficient (Wildman–Crippen LogP) is 2.27. The van der Waals surface area contributed by atoms with E-state index in [2.05, 4.69) is 10.6 Å². The number of hydrogen-bond acceptors (Lipinski definition) is 4. The highest BCUT2D eigenvalue weighted by Gasteiger charge is 2.43. The molecule has 9 heteroatoms. The minimum atomic E-state index is -0.707. The molecule has 0 spiro atoms. The van der Waals surface area contributed by atoms with Crippen LogP contribution in [0.2, 0.25) is 0 Å². The summed E-state index contributed by atoms with van der Waals surface area (Å²) in [5.41, 5.74) is 2.08. The predicted molar refractivity (Wildman–Crippen MR) is 111 cm³/mol. The molecule has 160 valence electrons. The van der Waals surface area contributed by atoms with E-state index in [1.807, 2.05) is 0 Å². The Hall–Kier alpha value is -3.88. The number of urea groups is 1. The van der Waals surface area contributed by atoms with Gasteiger partial charge in [-0.05, 0) is 42.0 Å². The summed E-state index contributed by atoms with van der Waals surface area (Å²) < 4.78 is 18.4. The molecule has 1 atom stereocenters. The van der Waals surface area contributed by atoms with Gasteiger partial charge in [-0.2, -0.15) is 0 Å². The average molecular weight is 424 g/mol. The van der Waals surface area contributed by atoms with Gasteiger partial charge in [0.25, 0.3) is 5.91 Å². The number of amides is 4. The van der Waals surface area contributed by atoms with Gasteiger partial charge >= 0.3 is 6.03 Å². The SMILES string of the molecule is COc1ccc(NC(=O)CN2CC3=C(C2=O)C(c2ccc(F)cc2)NC(=O)N3C)cc1. The second-order valence-electron chi connectivity index (χ2n) is 7.29. The highest BCUT2D eigenvalue weighted by Crippen LogP contribution is 2.35. The van der Waals surface area contributed by atoms with Crippen LogP contribution in [-0.2, 0) is 9.59 Å². The molecule has 0 fully saturated rings. The monoisotopic (exact) mass is 424 g/mol. The Morgan fingerprint density at radius 2 is 1.84 bits per heavy atom. The quantitative estimate of drug-likeness (QED) is 0.771. The second-order valence-corrected chi connectivity index (χ2v) is 7.29. The largest absolute Gasteiger partial charge is 0.497 e. The van der Waals surface area contributed by atoms with Crippen molar-refractivity contribution in [3.05, 3.63) is 71.2 Å². The zero-order valence-corrected chi connectivity index (χ0v) is 17.0. The van der Waals surface area contributed by atoms with Crippen molar-refractivity contribution in [1.82, 2.24) is 15.1 Å². The molecule has 2 heterocycles. The minimum Gasteiger partial charge on any atom is -0.497 e. The van der Waals surface area contributed by atoms with Gasteiger partial charge in [-0.25, -0.2) is 9.18 Å². The van der Waals surface area contributed by atoms with Crippen LogP contribution in [0.25, 0.3) is 0 Å². The van der Waals surface area contributed by atoms with E-state index in [4.69, 9.17) is 4.74 Å². The first-order valence-electron chi connectivity index (χ1n) is 9.63. The summed E-state index contributed by atoms with van der Waals surface area (Å²) in [4.78, 5) is 40.8. The highest BCUT2D eigenvalue weighted by atomic mass is 19.1. The van der Waals surface area contributed by atoms with Gasteiger partial charge in [-0.15, -0.1) is 0 Å². The smallest absolute Gasteiger partial charge is 0.322 e. The van der Waals surface area contributed by atoms with Crippen LogP contribution in [0.15, 0.2) is 59.8 Å². The number of hydrogen-bond donors (Lipinski definition) is 2. The lowest BCUT2D eigenvalue weighted by Gasteiger charge is -2.31. The van der Waals surface area contributed by atoms with Crippen molar-refractivity contribution in [3.63, 3.8) is 0 Å². The number of methoxy groups -OCH3 is 1. The Labute approximate surface area is 178 Å². The Bertz CT molecular complexity index is 1070. The maximum atomic E-state index is 13.3. The van der Waals surface area contributed by atoms with Gasteiger partial charge < -0.3 is 20.3 Å². The molecule has 0 saturated heterocycles. The Kier molecular flexibility index (Phi) is 5.33. The van der Waals surface area contributed by atoms with Crippen molar-refractivity contribution in [2.45, 2.75) is 6.04 Å². The Morgan fingerprint density at radius 1 is 1.16 bits per heavy atom. The van der Waals surface area contributed by atoms with E-state index < -0.39 is 11.9 Å². The number of anilines is 1. The number of carbonyl (C=O) groups is 3. The third-order valence-electron chi connectivity index (χ3n) is 5.35. The van der Waals surface area contributed by atoms with Crippen LogP contribution in [0, 0.1) is 5.82 Å². The fourth-order valence-electron chi connectivity index (χ4n) is 3.70. The van der Waals surface area contributed by atoms with Crippen molar-refractivity contribution in [3.8, 4) is 5.75 Å². The number of benzene rings is 2. The molecule has 0 aliphatic carbocycles. The molecule has 8 nitrogen and oxygen atoms in total. The number of halogens is 1. The zero-order valence-electron chi connectivity index (χ0n) is 17.0. The first kappa shape index (κ1) is 20.4. The second kappa shape index (κ2) is 8.10. The number of nitrogens with zero attached hydrogens (tertiary/aromatic N) is 2. The van der Waals surface area contributed by atoms with Crippen LogP contribution >= 0.6 is 0 Å². The third kappa shape index (κ3) is 3.94. The molecule has 1 unspecified atom stereocenters. The van der Waals surface area contributed by atoms with Crippen molar-refractivity contribution in [2.24, 2.45) is 0 Å². The summed E-state index contributed by atoms with van der Waals surface area (Å²) in [6, 6.07) is 11.4. The highest BCUT2D eigenvalue weighted by molar-refractivity contribution is 6.04. The van der Waals surface area contributed by atoms with Gasteiger partial charge in [0.1, 0.15) is 18.1 Å². The van der Waals surface area contributed by atoms with Crippen molar-refractivity contribution in [1.29, 1.82) is 0 Å². The zero-order chi connectivity index (χ0) is 22.1. The van der Waals surface area contributed by atoms with Gasteiger partial charge in [0.05, 0.1) is 31.0 Å². The molecule has 2 aliphatic rings. The summed E-state index contributed by atoms with van der Waals surface area (Å²) in [5.74, 6) is -0.455. The van der Waals surface area contributed by atoms with Crippen LogP contribution in [0.5, 0.6) is 5.75 Å². The standard InChI is InChI=1S/C22H21FN4O4/c1-26-17-11-27(12-18(28)24-15-7-9-16(31-2)10-8-15)21(29)19(17)20(25-22(26)30)13-3-5-14(23)6-4-13/h3-10,20H,11-12H2,1-2H3,(H,24,28)(H,25,30). The fourth-order valence-corrected chi connectivity index (χ4v) is 3.70. The number of carbonyl (C=O) groups excluding carboxylic acids is 3. The van der Waals surface area contributed by atoms with Gasteiger partial charge in [-0.3, -0.25) is 14.5 Å². The van der Waals surface area contributed by atoms with E-state index in [9.17, 15) is 18.8 Å². The van der Waals surface area contributed by atoms with Gasteiger partial charge in [0.15, 0.2) is 0 Å². The molecule has 0 bridgehead atoms. The number of nitrogens with one attached hydrogen (secondary N) is 2. The lowest BCUT2D eigenvalue weighted by Crippen LogP contribution is -2.45. The number of rotatable bonds is 5. The van der Waals surface area contributed by atoms with Crippen LogP contribution in [0.3, 0.4) is 0 Å². The molecular weight excluding hydrogens is 403 g/mol. The molecule has 4 amide bonds. The molecular formula is C22H21FN4O4.